The molecule has 1 fully saturated rings. The van der Waals surface area contributed by atoms with Crippen molar-refractivity contribution in [2.24, 2.45) is 0 Å². The van der Waals surface area contributed by atoms with Crippen LogP contribution in [0, 0.1) is 0 Å². The van der Waals surface area contributed by atoms with E-state index in [0.29, 0.717) is 0 Å². The summed E-state index contributed by atoms with van der Waals surface area (Å²) in [4.78, 5) is 20.5. The van der Waals surface area contributed by atoms with Crippen molar-refractivity contribution in [3.05, 3.63) is 0 Å². The van der Waals surface area contributed by atoms with E-state index in [9.17, 15) is 9.59 Å². The molecule has 0 radical (unpaired) electrons. The Balaban J connectivity index is 2.76. The first-order valence-corrected chi connectivity index (χ1v) is 3.26. The summed E-state index contributed by atoms with van der Waals surface area (Å²) < 4.78 is 4.41. The van der Waals surface area contributed by atoms with E-state index >= 15 is 0 Å². The third kappa shape index (κ3) is 1.31. The molecule has 0 aliphatic carbocycles. The van der Waals surface area contributed by atoms with Crippen LogP contribution in [0.3, 0.4) is 0 Å². The Hall–Kier alpha value is -0.980. The summed E-state index contributed by atoms with van der Waals surface area (Å²) in [7, 11) is 0. The molecule has 0 aromatic heterocycles. The van der Waals surface area contributed by atoms with Crippen molar-refractivity contribution in [2.45, 2.75) is 24.4 Å². The van der Waals surface area contributed by atoms with E-state index in [2.05, 4.69) is 4.74 Å². The lowest BCUT2D eigenvalue weighted by molar-refractivity contribution is -0.214. The Morgan fingerprint density at radius 3 is 2.50 bits per heavy atom. The number of aldehydes is 1. The van der Waals surface area contributed by atoms with Gasteiger partial charge in [0.05, 0.1) is 6.10 Å². The molecular formula is C6H8O6. The second-order valence-electron chi connectivity index (χ2n) is 2.58. The van der Waals surface area contributed by atoms with Crippen LogP contribution in [-0.4, -0.2) is 45.6 Å². The van der Waals surface area contributed by atoms with Gasteiger partial charge in [-0.25, -0.2) is 4.79 Å². The molecule has 3 N–H and O–H groups in total. The number of carbonyl (C=O) groups excluding carboxylic acids is 1. The van der Waals surface area contributed by atoms with Crippen LogP contribution >= 0.6 is 0 Å². The Bertz CT molecular complexity index is 214. The summed E-state index contributed by atoms with van der Waals surface area (Å²) in [6.07, 6.45) is -2.76. The van der Waals surface area contributed by atoms with E-state index in [-0.39, 0.29) is 6.29 Å². The number of hydrogen-bond donors (Lipinski definition) is 3. The van der Waals surface area contributed by atoms with Crippen LogP contribution in [0.1, 0.15) is 6.42 Å². The zero-order valence-corrected chi connectivity index (χ0v) is 6.01. The van der Waals surface area contributed by atoms with Crippen molar-refractivity contribution >= 4 is 12.3 Å². The maximum absolute atomic E-state index is 10.3. The fraction of sp³-hybridized carbons (Fsp3) is 0.667. The topological polar surface area (TPSA) is 104 Å². The highest BCUT2D eigenvalue weighted by Crippen LogP contribution is 2.27. The van der Waals surface area contributed by atoms with Gasteiger partial charge in [-0.1, -0.05) is 0 Å². The zero-order chi connectivity index (χ0) is 9.35. The molecule has 3 atom stereocenters. The van der Waals surface area contributed by atoms with Crippen molar-refractivity contribution in [3.8, 4) is 0 Å². The van der Waals surface area contributed by atoms with E-state index in [1.807, 2.05) is 0 Å². The third-order valence-corrected chi connectivity index (χ3v) is 1.66. The fourth-order valence-corrected chi connectivity index (χ4v) is 1.01. The quantitative estimate of drug-likeness (QED) is 0.425. The minimum absolute atomic E-state index is 0.256. The summed E-state index contributed by atoms with van der Waals surface area (Å²) in [5.74, 6) is -4.03. The Morgan fingerprint density at radius 1 is 1.67 bits per heavy atom. The number of carboxylic acids is 1. The molecule has 6 heteroatoms. The maximum Gasteiger partial charge on any atom is 0.364 e. The van der Waals surface area contributed by atoms with Gasteiger partial charge in [0.1, 0.15) is 6.10 Å². The highest BCUT2D eigenvalue weighted by Gasteiger charge is 2.50. The zero-order valence-electron chi connectivity index (χ0n) is 6.01. The molecule has 0 aromatic carbocycles. The van der Waals surface area contributed by atoms with Gasteiger partial charge in [0, 0.05) is 6.42 Å². The van der Waals surface area contributed by atoms with Crippen LogP contribution in [0.2, 0.25) is 0 Å². The van der Waals surface area contributed by atoms with E-state index in [4.69, 9.17) is 15.3 Å². The number of aliphatic hydroxyl groups is 2. The summed E-state index contributed by atoms with van der Waals surface area (Å²) in [5.41, 5.74) is 0. The van der Waals surface area contributed by atoms with Crippen LogP contribution in [0.15, 0.2) is 0 Å². The first-order chi connectivity index (χ1) is 5.49. The van der Waals surface area contributed by atoms with Crippen LogP contribution in [0.25, 0.3) is 0 Å². The van der Waals surface area contributed by atoms with Gasteiger partial charge in [-0.05, 0) is 0 Å². The lowest BCUT2D eigenvalue weighted by atomic mass is 10.1. The molecule has 1 heterocycles. The van der Waals surface area contributed by atoms with Crippen molar-refractivity contribution in [1.29, 1.82) is 0 Å². The van der Waals surface area contributed by atoms with Crippen molar-refractivity contribution in [1.82, 2.24) is 0 Å². The third-order valence-electron chi connectivity index (χ3n) is 1.66. The normalized spacial score (nSPS) is 41.2. The largest absolute Gasteiger partial charge is 0.477 e. The van der Waals surface area contributed by atoms with Crippen molar-refractivity contribution in [2.75, 3.05) is 0 Å². The van der Waals surface area contributed by atoms with Gasteiger partial charge in [-0.2, -0.15) is 0 Å². The number of carboxylic acid groups (broad SMARTS) is 1. The van der Waals surface area contributed by atoms with Crippen LogP contribution in [0.4, 0.5) is 0 Å². The molecule has 68 valence electrons. The van der Waals surface area contributed by atoms with Crippen LogP contribution < -0.4 is 0 Å². The fourth-order valence-electron chi connectivity index (χ4n) is 1.01. The lowest BCUT2D eigenvalue weighted by Gasteiger charge is -2.14. The molecular weight excluding hydrogens is 168 g/mol. The predicted octanol–water partition coefficient (Wildman–Crippen LogP) is -1.89. The Labute approximate surface area is 67.4 Å². The smallest absolute Gasteiger partial charge is 0.364 e. The number of aliphatic carboxylic acids is 1. The highest BCUT2D eigenvalue weighted by molar-refractivity contribution is 5.76. The monoisotopic (exact) mass is 176 g/mol. The highest BCUT2D eigenvalue weighted by atomic mass is 16.7. The van der Waals surface area contributed by atoms with Crippen molar-refractivity contribution in [3.63, 3.8) is 0 Å². The van der Waals surface area contributed by atoms with Crippen LogP contribution in [-0.2, 0) is 14.3 Å². The summed E-state index contributed by atoms with van der Waals surface area (Å²) in [5, 5.41) is 26.5. The number of aliphatic hydroxyl groups excluding tert-OH is 1. The standard InChI is InChI=1S/C6H8O6/c7-2-4-3(8)1-6(11,12-4)5(9)10/h2-4,8,11H,1H2,(H,9,10). The number of ether oxygens (including phenoxy) is 1. The first kappa shape index (κ1) is 9.11. The van der Waals surface area contributed by atoms with Gasteiger partial charge >= 0.3 is 5.97 Å². The molecule has 1 rings (SSSR count). The minimum atomic E-state index is -2.43. The van der Waals surface area contributed by atoms with Gasteiger partial charge in [-0.15, -0.1) is 0 Å². The average Bonchev–Trinajstić information content (AvgIpc) is 2.27. The molecule has 6 nitrogen and oxygen atoms in total. The van der Waals surface area contributed by atoms with Gasteiger partial charge in [0.25, 0.3) is 5.79 Å². The molecule has 0 aromatic rings. The summed E-state index contributed by atoms with van der Waals surface area (Å²) in [6.45, 7) is 0. The van der Waals surface area contributed by atoms with Gasteiger partial charge in [-0.3, -0.25) is 0 Å². The first-order valence-electron chi connectivity index (χ1n) is 3.26. The number of rotatable bonds is 2. The molecule has 0 saturated carbocycles. The summed E-state index contributed by atoms with van der Waals surface area (Å²) >= 11 is 0. The molecule has 1 saturated heterocycles. The minimum Gasteiger partial charge on any atom is -0.477 e. The lowest BCUT2D eigenvalue weighted by Crippen LogP contribution is -2.38. The Morgan fingerprint density at radius 2 is 2.25 bits per heavy atom. The molecule has 3 unspecified atom stereocenters. The molecule has 12 heavy (non-hydrogen) atoms. The van der Waals surface area contributed by atoms with Gasteiger partial charge < -0.3 is 24.9 Å². The van der Waals surface area contributed by atoms with Gasteiger partial charge in [0.15, 0.2) is 6.29 Å². The van der Waals surface area contributed by atoms with E-state index < -0.39 is 30.4 Å². The maximum atomic E-state index is 10.3. The van der Waals surface area contributed by atoms with E-state index in [1.165, 1.54) is 0 Å². The molecule has 1 aliphatic heterocycles. The molecule has 1 aliphatic rings. The van der Waals surface area contributed by atoms with E-state index in [0.717, 1.165) is 0 Å². The van der Waals surface area contributed by atoms with Gasteiger partial charge in [0.2, 0.25) is 0 Å². The second-order valence-corrected chi connectivity index (χ2v) is 2.58. The molecule has 0 spiro atoms. The second kappa shape index (κ2) is 2.81. The summed E-state index contributed by atoms with van der Waals surface area (Å²) in [6, 6.07) is 0. The number of carbonyl (C=O) groups is 2. The Kier molecular flexibility index (Phi) is 2.14. The molecule has 0 amide bonds. The van der Waals surface area contributed by atoms with Crippen molar-refractivity contribution < 1.29 is 29.6 Å². The number of hydrogen-bond acceptors (Lipinski definition) is 5. The predicted molar refractivity (Wildman–Crippen MR) is 34.1 cm³/mol. The van der Waals surface area contributed by atoms with Crippen LogP contribution in [0.5, 0.6) is 0 Å². The average molecular weight is 176 g/mol. The SMILES string of the molecule is O=CC1OC(O)(C(=O)O)CC1O. The van der Waals surface area contributed by atoms with E-state index in [1.54, 1.807) is 0 Å². The molecule has 0 bridgehead atoms.